The summed E-state index contributed by atoms with van der Waals surface area (Å²) in [6.45, 7) is 1.35. The highest BCUT2D eigenvalue weighted by molar-refractivity contribution is 7.15. The number of ketones is 1. The largest absolute Gasteiger partial charge is 0.477 e. The minimum atomic E-state index is -3.15. The number of aryl methyl sites for hydroxylation is 1. The average Bonchev–Trinajstić information content (AvgIpc) is 2.45. The maximum absolute atomic E-state index is 11.9. The summed E-state index contributed by atoms with van der Waals surface area (Å²) in [5.74, 6) is -2.71. The predicted octanol–water partition coefficient (Wildman–Crippen LogP) is 1.60. The summed E-state index contributed by atoms with van der Waals surface area (Å²) in [5, 5.41) is 8.11. The van der Waals surface area contributed by atoms with Crippen molar-refractivity contribution in [3.05, 3.63) is 15.6 Å². The lowest BCUT2D eigenvalue weighted by atomic mass is 10.4. The summed E-state index contributed by atoms with van der Waals surface area (Å²) >= 11 is 0.464. The standard InChI is InChI=1S/C7H5F2NO3S/c1-2-4(7(12)13)14-6(10-2)3(11)5(8)9/h5H,1H3,(H,12,13). The predicted molar refractivity (Wildman–Crippen MR) is 44.1 cm³/mol. The minimum absolute atomic E-state index is 0.0755. The van der Waals surface area contributed by atoms with Crippen molar-refractivity contribution in [3.63, 3.8) is 0 Å². The van der Waals surface area contributed by atoms with E-state index in [-0.39, 0.29) is 10.6 Å². The second-order valence-corrected chi connectivity index (χ2v) is 3.40. The van der Waals surface area contributed by atoms with Crippen molar-refractivity contribution in [1.82, 2.24) is 4.98 Å². The number of aromatic carboxylic acids is 1. The van der Waals surface area contributed by atoms with E-state index in [1.54, 1.807) is 0 Å². The second kappa shape index (κ2) is 3.79. The molecule has 0 amide bonds. The van der Waals surface area contributed by atoms with Crippen LogP contribution < -0.4 is 0 Å². The Bertz CT molecular complexity index is 388. The van der Waals surface area contributed by atoms with E-state index >= 15 is 0 Å². The normalized spacial score (nSPS) is 10.6. The van der Waals surface area contributed by atoms with E-state index < -0.39 is 23.2 Å². The third-order valence-electron chi connectivity index (χ3n) is 1.40. The molecule has 1 rings (SSSR count). The van der Waals surface area contributed by atoms with Crippen LogP contribution in [0.1, 0.15) is 25.2 Å². The topological polar surface area (TPSA) is 67.3 Å². The Morgan fingerprint density at radius 1 is 1.50 bits per heavy atom. The molecule has 0 bridgehead atoms. The van der Waals surface area contributed by atoms with Crippen molar-refractivity contribution in [1.29, 1.82) is 0 Å². The molecule has 0 radical (unpaired) electrons. The molecule has 1 aromatic rings. The van der Waals surface area contributed by atoms with Gasteiger partial charge in [0, 0.05) is 0 Å². The quantitative estimate of drug-likeness (QED) is 0.787. The highest BCUT2D eigenvalue weighted by Crippen LogP contribution is 2.20. The van der Waals surface area contributed by atoms with E-state index in [1.165, 1.54) is 6.92 Å². The van der Waals surface area contributed by atoms with E-state index in [0.717, 1.165) is 0 Å². The van der Waals surface area contributed by atoms with Crippen LogP contribution >= 0.6 is 11.3 Å². The van der Waals surface area contributed by atoms with Gasteiger partial charge in [-0.3, -0.25) is 4.79 Å². The number of rotatable bonds is 3. The number of thiazole rings is 1. The Hall–Kier alpha value is -1.37. The molecule has 0 aromatic carbocycles. The van der Waals surface area contributed by atoms with E-state index in [1.807, 2.05) is 0 Å². The van der Waals surface area contributed by atoms with Crippen molar-refractivity contribution in [2.24, 2.45) is 0 Å². The SMILES string of the molecule is Cc1nc(C(=O)C(F)F)sc1C(=O)O. The maximum atomic E-state index is 11.9. The van der Waals surface area contributed by atoms with Gasteiger partial charge in [-0.2, -0.15) is 0 Å². The molecule has 0 spiro atoms. The molecule has 0 aliphatic rings. The van der Waals surface area contributed by atoms with Gasteiger partial charge >= 0.3 is 12.4 Å². The highest BCUT2D eigenvalue weighted by atomic mass is 32.1. The first-order valence-corrected chi connectivity index (χ1v) is 4.28. The van der Waals surface area contributed by atoms with Gasteiger partial charge in [-0.05, 0) is 6.92 Å². The lowest BCUT2D eigenvalue weighted by Gasteiger charge is -1.90. The van der Waals surface area contributed by atoms with Gasteiger partial charge in [0.25, 0.3) is 5.78 Å². The zero-order valence-electron chi connectivity index (χ0n) is 6.95. The Morgan fingerprint density at radius 2 is 2.07 bits per heavy atom. The summed E-state index contributed by atoms with van der Waals surface area (Å²) in [4.78, 5) is 24.5. The summed E-state index contributed by atoms with van der Waals surface area (Å²) in [7, 11) is 0. The van der Waals surface area contributed by atoms with Crippen LogP contribution in [-0.2, 0) is 0 Å². The fourth-order valence-electron chi connectivity index (χ4n) is 0.794. The molecule has 76 valence electrons. The molecule has 1 aromatic heterocycles. The van der Waals surface area contributed by atoms with Crippen LogP contribution in [0.4, 0.5) is 8.78 Å². The van der Waals surface area contributed by atoms with Crippen molar-refractivity contribution >= 4 is 23.1 Å². The molecule has 0 atom stereocenters. The van der Waals surface area contributed by atoms with E-state index in [4.69, 9.17) is 5.11 Å². The molecule has 0 saturated carbocycles. The maximum Gasteiger partial charge on any atom is 0.347 e. The molecule has 4 nitrogen and oxygen atoms in total. The summed E-state index contributed by atoms with van der Waals surface area (Å²) in [6.07, 6.45) is -3.15. The molecule has 0 fully saturated rings. The molecule has 14 heavy (non-hydrogen) atoms. The number of carbonyl (C=O) groups excluding carboxylic acids is 1. The zero-order chi connectivity index (χ0) is 10.9. The van der Waals surface area contributed by atoms with Crippen molar-refractivity contribution in [3.8, 4) is 0 Å². The van der Waals surface area contributed by atoms with Gasteiger partial charge < -0.3 is 5.11 Å². The Morgan fingerprint density at radius 3 is 2.43 bits per heavy atom. The summed E-state index contributed by atoms with van der Waals surface area (Å²) < 4.78 is 23.9. The van der Waals surface area contributed by atoms with Gasteiger partial charge in [0.2, 0.25) is 0 Å². The molecule has 1 N–H and O–H groups in total. The number of carboxylic acids is 1. The van der Waals surface area contributed by atoms with Crippen molar-refractivity contribution in [2.75, 3.05) is 0 Å². The lowest BCUT2D eigenvalue weighted by Crippen LogP contribution is -2.09. The Labute approximate surface area is 81.2 Å². The first kappa shape index (κ1) is 10.7. The van der Waals surface area contributed by atoms with Crippen LogP contribution in [0.15, 0.2) is 0 Å². The monoisotopic (exact) mass is 221 g/mol. The fourth-order valence-corrected chi connectivity index (χ4v) is 1.64. The van der Waals surface area contributed by atoms with Crippen molar-refractivity contribution in [2.45, 2.75) is 13.3 Å². The average molecular weight is 221 g/mol. The first-order chi connectivity index (χ1) is 6.43. The number of nitrogens with zero attached hydrogens (tertiary/aromatic N) is 1. The number of alkyl halides is 2. The number of aromatic nitrogens is 1. The second-order valence-electron chi connectivity index (χ2n) is 2.40. The molecule has 7 heteroatoms. The van der Waals surface area contributed by atoms with Crippen LogP contribution in [0.3, 0.4) is 0 Å². The van der Waals surface area contributed by atoms with Crippen LogP contribution in [0.5, 0.6) is 0 Å². The Kier molecular flexibility index (Phi) is 2.90. The number of hydrogen-bond donors (Lipinski definition) is 1. The van der Waals surface area contributed by atoms with Crippen molar-refractivity contribution < 1.29 is 23.5 Å². The van der Waals surface area contributed by atoms with Gasteiger partial charge in [0.1, 0.15) is 4.88 Å². The lowest BCUT2D eigenvalue weighted by molar-refractivity contribution is 0.0677. The third-order valence-corrected chi connectivity index (χ3v) is 2.56. The third kappa shape index (κ3) is 1.92. The molecule has 0 saturated heterocycles. The molecule has 1 heterocycles. The van der Waals surface area contributed by atoms with Gasteiger partial charge in [0.05, 0.1) is 5.69 Å². The van der Waals surface area contributed by atoms with Crippen LogP contribution in [0.2, 0.25) is 0 Å². The number of Topliss-reactive ketones (excluding diaryl/α,β-unsaturated/α-hetero) is 1. The van der Waals surface area contributed by atoms with Gasteiger partial charge in [-0.25, -0.2) is 18.6 Å². The van der Waals surface area contributed by atoms with E-state index in [0.29, 0.717) is 11.3 Å². The number of carboxylic acid groups (broad SMARTS) is 1. The highest BCUT2D eigenvalue weighted by Gasteiger charge is 2.24. The summed E-state index contributed by atoms with van der Waals surface area (Å²) in [5.41, 5.74) is 0.0755. The smallest absolute Gasteiger partial charge is 0.347 e. The van der Waals surface area contributed by atoms with Crippen LogP contribution in [0.25, 0.3) is 0 Å². The number of halogens is 2. The Balaban J connectivity index is 3.09. The first-order valence-electron chi connectivity index (χ1n) is 3.46. The molecular formula is C7H5F2NO3S. The van der Waals surface area contributed by atoms with Crippen LogP contribution in [0, 0.1) is 6.92 Å². The van der Waals surface area contributed by atoms with E-state index in [2.05, 4.69) is 4.98 Å². The molecule has 0 unspecified atom stereocenters. The van der Waals surface area contributed by atoms with Gasteiger partial charge in [0.15, 0.2) is 5.01 Å². The van der Waals surface area contributed by atoms with Crippen LogP contribution in [-0.4, -0.2) is 28.3 Å². The number of carbonyl (C=O) groups is 2. The van der Waals surface area contributed by atoms with E-state index in [9.17, 15) is 18.4 Å². The molecule has 0 aliphatic heterocycles. The minimum Gasteiger partial charge on any atom is -0.477 e. The zero-order valence-corrected chi connectivity index (χ0v) is 7.77. The fraction of sp³-hybridized carbons (Fsp3) is 0.286. The van der Waals surface area contributed by atoms with Gasteiger partial charge in [-0.1, -0.05) is 0 Å². The van der Waals surface area contributed by atoms with Gasteiger partial charge in [-0.15, -0.1) is 11.3 Å². The molecule has 0 aliphatic carbocycles. The number of hydrogen-bond acceptors (Lipinski definition) is 4. The molecular weight excluding hydrogens is 216 g/mol. The summed E-state index contributed by atoms with van der Waals surface area (Å²) in [6, 6.07) is 0.